The summed E-state index contributed by atoms with van der Waals surface area (Å²) in [4.78, 5) is 14.5. The second-order valence-electron chi connectivity index (χ2n) is 5.93. The van der Waals surface area contributed by atoms with Crippen LogP contribution in [0, 0.1) is 0 Å². The number of carbonyl (C=O) groups excluding carboxylic acids is 1. The van der Waals surface area contributed by atoms with Gasteiger partial charge in [0.05, 0.1) is 36.6 Å². The van der Waals surface area contributed by atoms with E-state index in [-0.39, 0.29) is 18.2 Å². The van der Waals surface area contributed by atoms with E-state index in [1.807, 2.05) is 0 Å². The molecule has 26 heavy (non-hydrogen) atoms. The van der Waals surface area contributed by atoms with Crippen molar-refractivity contribution in [1.29, 1.82) is 0 Å². The van der Waals surface area contributed by atoms with Crippen molar-refractivity contribution in [1.82, 2.24) is 10.2 Å². The molecule has 0 saturated carbocycles. The number of carbonyl (C=O) groups is 1. The van der Waals surface area contributed by atoms with Crippen LogP contribution in [0.5, 0.6) is 0 Å². The van der Waals surface area contributed by atoms with Gasteiger partial charge in [-0.05, 0) is 24.3 Å². The van der Waals surface area contributed by atoms with Gasteiger partial charge in [-0.1, -0.05) is 12.1 Å². The van der Waals surface area contributed by atoms with E-state index in [1.54, 1.807) is 12.1 Å². The summed E-state index contributed by atoms with van der Waals surface area (Å²) < 4.78 is 50.1. The number of nitrogens with one attached hydrogen (secondary N) is 1. The maximum Gasteiger partial charge on any atom is 0.417 e. The Hall–Kier alpha value is -2.32. The molecule has 1 aromatic heterocycles. The van der Waals surface area contributed by atoms with Crippen LogP contribution in [0.4, 0.5) is 13.2 Å². The molecule has 1 atom stereocenters. The van der Waals surface area contributed by atoms with Crippen LogP contribution in [0.1, 0.15) is 27.7 Å². The molecule has 2 aromatic rings. The first-order chi connectivity index (χ1) is 12.5. The van der Waals surface area contributed by atoms with Gasteiger partial charge in [-0.15, -0.1) is 0 Å². The first-order valence-corrected chi connectivity index (χ1v) is 8.26. The Morgan fingerprint density at radius 1 is 1.15 bits per heavy atom. The van der Waals surface area contributed by atoms with E-state index >= 15 is 0 Å². The van der Waals surface area contributed by atoms with Crippen LogP contribution in [-0.4, -0.2) is 43.7 Å². The normalized spacial score (nSPS) is 17.0. The van der Waals surface area contributed by atoms with E-state index in [4.69, 9.17) is 9.15 Å². The van der Waals surface area contributed by atoms with E-state index in [0.717, 1.165) is 6.07 Å². The first kappa shape index (κ1) is 18.5. The van der Waals surface area contributed by atoms with E-state index < -0.39 is 17.6 Å². The van der Waals surface area contributed by atoms with Crippen molar-refractivity contribution in [2.45, 2.75) is 12.2 Å². The molecule has 1 unspecified atom stereocenters. The van der Waals surface area contributed by atoms with Crippen molar-refractivity contribution in [3.05, 3.63) is 59.5 Å². The molecule has 2 heterocycles. The highest BCUT2D eigenvalue weighted by molar-refractivity contribution is 5.95. The van der Waals surface area contributed by atoms with Gasteiger partial charge >= 0.3 is 6.18 Å². The average molecular weight is 368 g/mol. The Labute approximate surface area is 148 Å². The number of benzene rings is 1. The third kappa shape index (κ3) is 4.25. The van der Waals surface area contributed by atoms with Crippen molar-refractivity contribution in [3.63, 3.8) is 0 Å². The van der Waals surface area contributed by atoms with Gasteiger partial charge in [0.15, 0.2) is 0 Å². The molecule has 1 amide bonds. The highest BCUT2D eigenvalue weighted by Crippen LogP contribution is 2.32. The quantitative estimate of drug-likeness (QED) is 0.881. The lowest BCUT2D eigenvalue weighted by molar-refractivity contribution is -0.137. The van der Waals surface area contributed by atoms with Crippen molar-refractivity contribution in [2.24, 2.45) is 0 Å². The Morgan fingerprint density at radius 3 is 2.54 bits per heavy atom. The van der Waals surface area contributed by atoms with Crippen LogP contribution in [-0.2, 0) is 10.9 Å². The van der Waals surface area contributed by atoms with Gasteiger partial charge in [0.1, 0.15) is 5.76 Å². The lowest BCUT2D eigenvalue weighted by Crippen LogP contribution is -2.43. The molecule has 140 valence electrons. The van der Waals surface area contributed by atoms with Crippen LogP contribution in [0.3, 0.4) is 0 Å². The zero-order chi connectivity index (χ0) is 18.6. The van der Waals surface area contributed by atoms with Gasteiger partial charge in [0.2, 0.25) is 0 Å². The number of amides is 1. The number of hydrogen-bond acceptors (Lipinski definition) is 4. The van der Waals surface area contributed by atoms with E-state index in [1.165, 1.54) is 24.5 Å². The number of rotatable bonds is 5. The molecule has 1 aliphatic heterocycles. The summed E-state index contributed by atoms with van der Waals surface area (Å²) in [5.41, 5.74) is -1.33. The molecular weight excluding hydrogens is 349 g/mol. The number of halogens is 3. The summed E-state index contributed by atoms with van der Waals surface area (Å²) in [6.07, 6.45) is -3.05. The van der Waals surface area contributed by atoms with Crippen LogP contribution >= 0.6 is 0 Å². The first-order valence-electron chi connectivity index (χ1n) is 8.26. The Balaban J connectivity index is 1.74. The zero-order valence-corrected chi connectivity index (χ0v) is 14.0. The summed E-state index contributed by atoms with van der Waals surface area (Å²) in [7, 11) is 0. The predicted molar refractivity (Wildman–Crippen MR) is 87.6 cm³/mol. The van der Waals surface area contributed by atoms with Gasteiger partial charge in [0, 0.05) is 19.6 Å². The molecule has 1 aliphatic rings. The Morgan fingerprint density at radius 2 is 1.88 bits per heavy atom. The topological polar surface area (TPSA) is 54.7 Å². The minimum atomic E-state index is -4.58. The molecule has 0 radical (unpaired) electrons. The van der Waals surface area contributed by atoms with E-state index in [0.29, 0.717) is 32.1 Å². The molecule has 5 nitrogen and oxygen atoms in total. The van der Waals surface area contributed by atoms with Crippen molar-refractivity contribution >= 4 is 5.91 Å². The van der Waals surface area contributed by atoms with Gasteiger partial charge in [-0.25, -0.2) is 0 Å². The number of morpholine rings is 1. The standard InChI is InChI=1S/C18H19F3N2O3/c19-18(20,21)14-5-2-1-4-13(14)17(24)22-12-15(16-6-3-9-26-16)23-7-10-25-11-8-23/h1-6,9,15H,7-8,10-12H2,(H,22,24). The molecule has 3 rings (SSSR count). The fourth-order valence-corrected chi connectivity index (χ4v) is 2.99. The van der Waals surface area contributed by atoms with Crippen LogP contribution in [0.15, 0.2) is 47.1 Å². The van der Waals surface area contributed by atoms with Gasteiger partial charge in [0.25, 0.3) is 5.91 Å². The summed E-state index contributed by atoms with van der Waals surface area (Å²) in [5.74, 6) is -0.112. The second-order valence-corrected chi connectivity index (χ2v) is 5.93. The molecule has 0 aliphatic carbocycles. The lowest BCUT2D eigenvalue weighted by Gasteiger charge is -2.33. The summed E-state index contributed by atoms with van der Waals surface area (Å²) in [6.45, 7) is 2.56. The second kappa shape index (κ2) is 7.92. The number of ether oxygens (including phenoxy) is 1. The number of hydrogen-bond donors (Lipinski definition) is 1. The van der Waals surface area contributed by atoms with Crippen LogP contribution in [0.25, 0.3) is 0 Å². The van der Waals surface area contributed by atoms with Gasteiger partial charge in [-0.3, -0.25) is 9.69 Å². The van der Waals surface area contributed by atoms with Crippen LogP contribution < -0.4 is 5.32 Å². The maximum atomic E-state index is 13.1. The smallest absolute Gasteiger partial charge is 0.417 e. The largest absolute Gasteiger partial charge is 0.468 e. The number of nitrogens with zero attached hydrogens (tertiary/aromatic N) is 1. The number of furan rings is 1. The van der Waals surface area contributed by atoms with Gasteiger partial charge < -0.3 is 14.5 Å². The minimum absolute atomic E-state index is 0.137. The summed E-state index contributed by atoms with van der Waals surface area (Å²) >= 11 is 0. The van der Waals surface area contributed by atoms with E-state index in [2.05, 4.69) is 10.2 Å². The Kier molecular flexibility index (Phi) is 5.63. The van der Waals surface area contributed by atoms with Crippen molar-refractivity contribution in [2.75, 3.05) is 32.8 Å². The minimum Gasteiger partial charge on any atom is -0.468 e. The molecule has 0 spiro atoms. The molecule has 1 saturated heterocycles. The fourth-order valence-electron chi connectivity index (χ4n) is 2.99. The lowest BCUT2D eigenvalue weighted by atomic mass is 10.1. The maximum absolute atomic E-state index is 13.1. The fraction of sp³-hybridized carbons (Fsp3) is 0.389. The summed E-state index contributed by atoms with van der Waals surface area (Å²) in [5, 5.41) is 2.62. The van der Waals surface area contributed by atoms with Crippen LogP contribution in [0.2, 0.25) is 0 Å². The molecule has 1 aromatic carbocycles. The SMILES string of the molecule is O=C(NCC(c1ccco1)N1CCOCC1)c1ccccc1C(F)(F)F. The molecule has 8 heteroatoms. The predicted octanol–water partition coefficient (Wildman–Crippen LogP) is 3.10. The van der Waals surface area contributed by atoms with E-state index in [9.17, 15) is 18.0 Å². The number of alkyl halides is 3. The molecule has 1 fully saturated rings. The zero-order valence-electron chi connectivity index (χ0n) is 14.0. The van der Waals surface area contributed by atoms with Crippen molar-refractivity contribution in [3.8, 4) is 0 Å². The average Bonchev–Trinajstić information content (AvgIpc) is 3.16. The third-order valence-corrected chi connectivity index (χ3v) is 4.29. The van der Waals surface area contributed by atoms with Crippen molar-refractivity contribution < 1.29 is 27.1 Å². The summed E-state index contributed by atoms with van der Waals surface area (Å²) in [6, 6.07) is 8.01. The third-order valence-electron chi connectivity index (χ3n) is 4.29. The highest BCUT2D eigenvalue weighted by atomic mass is 19.4. The highest BCUT2D eigenvalue weighted by Gasteiger charge is 2.35. The molecular formula is C18H19F3N2O3. The van der Waals surface area contributed by atoms with Gasteiger partial charge in [-0.2, -0.15) is 13.2 Å². The monoisotopic (exact) mass is 368 g/mol. The Bertz CT molecular complexity index is 726. The molecule has 1 N–H and O–H groups in total. The molecule has 0 bridgehead atoms.